The summed E-state index contributed by atoms with van der Waals surface area (Å²) in [5, 5.41) is 3.11. The van der Waals surface area contributed by atoms with Crippen LogP contribution in [0.25, 0.3) is 0 Å². The Morgan fingerprint density at radius 1 is 1.27 bits per heavy atom. The second-order valence-electron chi connectivity index (χ2n) is 3.97. The Bertz CT molecular complexity index is 173. The predicted octanol–water partition coefficient (Wildman–Crippen LogP) is 2.56. The Morgan fingerprint density at radius 3 is 2.33 bits per heavy atom. The normalized spacial score (nSPS) is 13.2. The minimum Gasteiger partial charge on any atom is -0.372 e. The third-order valence-corrected chi connectivity index (χ3v) is 2.34. The first kappa shape index (κ1) is 15.0. The number of alkyl halides is 4. The number of rotatable bonds is 7. The van der Waals surface area contributed by atoms with Crippen molar-refractivity contribution >= 4 is 11.6 Å². The molecule has 0 aromatic carbocycles. The molecule has 0 saturated heterocycles. The minimum absolute atomic E-state index is 0.102. The molecule has 2 nitrogen and oxygen atoms in total. The van der Waals surface area contributed by atoms with Gasteiger partial charge >= 0.3 is 6.18 Å². The Labute approximate surface area is 93.1 Å². The maximum absolute atomic E-state index is 11.7. The lowest BCUT2D eigenvalue weighted by molar-refractivity contribution is -0.174. The summed E-state index contributed by atoms with van der Waals surface area (Å²) in [6, 6.07) is 0. The van der Waals surface area contributed by atoms with Crippen molar-refractivity contribution < 1.29 is 17.9 Å². The van der Waals surface area contributed by atoms with E-state index >= 15 is 0 Å². The Kier molecular flexibility index (Phi) is 6.55. The fourth-order valence-corrected chi connectivity index (χ4v) is 0.931. The molecular formula is C9H17ClF3NO. The highest BCUT2D eigenvalue weighted by Crippen LogP contribution is 2.14. The minimum atomic E-state index is -4.23. The molecule has 0 aliphatic carbocycles. The monoisotopic (exact) mass is 247 g/mol. The van der Waals surface area contributed by atoms with Crippen LogP contribution in [0.4, 0.5) is 13.2 Å². The molecule has 0 aromatic heterocycles. The van der Waals surface area contributed by atoms with E-state index in [2.05, 4.69) is 10.1 Å². The van der Waals surface area contributed by atoms with Crippen LogP contribution in [0.3, 0.4) is 0 Å². The van der Waals surface area contributed by atoms with E-state index in [-0.39, 0.29) is 12.1 Å². The van der Waals surface area contributed by atoms with Crippen LogP contribution in [0.15, 0.2) is 0 Å². The highest BCUT2D eigenvalue weighted by molar-refractivity contribution is 6.18. The molecule has 0 saturated carbocycles. The molecule has 0 atom stereocenters. The molecule has 0 aliphatic heterocycles. The molecule has 0 amide bonds. The van der Waals surface area contributed by atoms with E-state index in [0.29, 0.717) is 18.8 Å². The smallest absolute Gasteiger partial charge is 0.372 e. The van der Waals surface area contributed by atoms with E-state index in [9.17, 15) is 13.2 Å². The Balaban J connectivity index is 3.33. The first-order valence-corrected chi connectivity index (χ1v) is 5.26. The number of nitrogens with one attached hydrogen (secondary N) is 1. The van der Waals surface area contributed by atoms with Gasteiger partial charge in [-0.3, -0.25) is 0 Å². The van der Waals surface area contributed by atoms with Gasteiger partial charge in [0.1, 0.15) is 6.61 Å². The van der Waals surface area contributed by atoms with E-state index in [1.165, 1.54) is 0 Å². The molecule has 0 radical (unpaired) electrons. The average Bonchev–Trinajstić information content (AvgIpc) is 2.09. The van der Waals surface area contributed by atoms with Crippen LogP contribution in [-0.2, 0) is 4.74 Å². The van der Waals surface area contributed by atoms with Gasteiger partial charge in [0.2, 0.25) is 0 Å². The zero-order chi connectivity index (χ0) is 11.9. The topological polar surface area (TPSA) is 21.3 Å². The van der Waals surface area contributed by atoms with Crippen LogP contribution in [-0.4, -0.2) is 37.4 Å². The summed E-state index contributed by atoms with van der Waals surface area (Å²) in [4.78, 5) is 0. The maximum Gasteiger partial charge on any atom is 0.411 e. The van der Waals surface area contributed by atoms with E-state index in [4.69, 9.17) is 11.6 Å². The van der Waals surface area contributed by atoms with Crippen molar-refractivity contribution in [2.24, 2.45) is 0 Å². The average molecular weight is 248 g/mol. The van der Waals surface area contributed by atoms with E-state index in [0.717, 1.165) is 0 Å². The summed E-state index contributed by atoms with van der Waals surface area (Å²) in [5.41, 5.74) is -0.189. The highest BCUT2D eigenvalue weighted by atomic mass is 35.5. The molecule has 0 unspecified atom stereocenters. The molecule has 0 aliphatic rings. The summed E-state index contributed by atoms with van der Waals surface area (Å²) in [6.07, 6.45) is -3.70. The van der Waals surface area contributed by atoms with Crippen molar-refractivity contribution in [2.75, 3.05) is 25.6 Å². The van der Waals surface area contributed by atoms with Crippen LogP contribution < -0.4 is 5.32 Å². The molecule has 1 N–H and O–H groups in total. The fourth-order valence-electron chi connectivity index (χ4n) is 0.836. The summed E-state index contributed by atoms with van der Waals surface area (Å²) in [7, 11) is 0. The number of hydrogen-bond acceptors (Lipinski definition) is 2. The van der Waals surface area contributed by atoms with Gasteiger partial charge in [0, 0.05) is 18.0 Å². The fraction of sp³-hybridized carbons (Fsp3) is 1.00. The largest absolute Gasteiger partial charge is 0.411 e. The van der Waals surface area contributed by atoms with Crippen LogP contribution in [0.2, 0.25) is 0 Å². The molecule has 0 rings (SSSR count). The molecule has 15 heavy (non-hydrogen) atoms. The van der Waals surface area contributed by atoms with Gasteiger partial charge < -0.3 is 10.1 Å². The van der Waals surface area contributed by atoms with Crippen molar-refractivity contribution in [3.05, 3.63) is 0 Å². The summed E-state index contributed by atoms with van der Waals surface area (Å²) in [5.74, 6) is 0.455. The molecular weight excluding hydrogens is 231 g/mol. The zero-order valence-electron chi connectivity index (χ0n) is 8.96. The molecule has 0 spiro atoms. The molecule has 0 aromatic rings. The van der Waals surface area contributed by atoms with Crippen molar-refractivity contribution in [2.45, 2.75) is 32.0 Å². The second kappa shape index (κ2) is 6.55. The van der Waals surface area contributed by atoms with Crippen LogP contribution in [0, 0.1) is 0 Å². The molecule has 0 fully saturated rings. The van der Waals surface area contributed by atoms with Gasteiger partial charge in [-0.15, -0.1) is 11.6 Å². The first-order chi connectivity index (χ1) is 6.77. The quantitative estimate of drug-likeness (QED) is 0.552. The van der Waals surface area contributed by atoms with Gasteiger partial charge in [-0.05, 0) is 26.8 Å². The van der Waals surface area contributed by atoms with Gasteiger partial charge in [-0.25, -0.2) is 0 Å². The van der Waals surface area contributed by atoms with E-state index < -0.39 is 12.8 Å². The lowest BCUT2D eigenvalue weighted by Gasteiger charge is -2.23. The molecule has 6 heteroatoms. The standard InChI is InChI=1S/C9H17ClF3NO/c1-8(2,6-10)14-4-3-5-15-7-9(11,12)13/h14H,3-7H2,1-2H3. The molecule has 0 heterocycles. The highest BCUT2D eigenvalue weighted by Gasteiger charge is 2.27. The van der Waals surface area contributed by atoms with Crippen LogP contribution >= 0.6 is 11.6 Å². The Morgan fingerprint density at radius 2 is 1.87 bits per heavy atom. The maximum atomic E-state index is 11.7. The third kappa shape index (κ3) is 10.3. The van der Waals surface area contributed by atoms with Crippen LogP contribution in [0.5, 0.6) is 0 Å². The van der Waals surface area contributed by atoms with E-state index in [1.54, 1.807) is 0 Å². The second-order valence-corrected chi connectivity index (χ2v) is 4.23. The lowest BCUT2D eigenvalue weighted by atomic mass is 10.1. The number of halogens is 4. The SMILES string of the molecule is CC(C)(CCl)NCCCOCC(F)(F)F. The van der Waals surface area contributed by atoms with Gasteiger partial charge in [0.15, 0.2) is 0 Å². The van der Waals surface area contributed by atoms with Gasteiger partial charge in [-0.2, -0.15) is 13.2 Å². The van der Waals surface area contributed by atoms with Crippen LogP contribution in [0.1, 0.15) is 20.3 Å². The van der Waals surface area contributed by atoms with Crippen molar-refractivity contribution in [1.82, 2.24) is 5.32 Å². The number of ether oxygens (including phenoxy) is 1. The van der Waals surface area contributed by atoms with Gasteiger partial charge in [0.25, 0.3) is 0 Å². The third-order valence-electron chi connectivity index (χ3n) is 1.67. The van der Waals surface area contributed by atoms with Gasteiger partial charge in [-0.1, -0.05) is 0 Å². The summed E-state index contributed by atoms with van der Waals surface area (Å²) >= 11 is 5.65. The van der Waals surface area contributed by atoms with Crippen molar-refractivity contribution in [1.29, 1.82) is 0 Å². The van der Waals surface area contributed by atoms with Gasteiger partial charge in [0.05, 0.1) is 0 Å². The molecule has 0 bridgehead atoms. The van der Waals surface area contributed by atoms with Crippen molar-refractivity contribution in [3.8, 4) is 0 Å². The first-order valence-electron chi connectivity index (χ1n) is 4.72. The zero-order valence-corrected chi connectivity index (χ0v) is 9.71. The van der Waals surface area contributed by atoms with Crippen molar-refractivity contribution in [3.63, 3.8) is 0 Å². The molecule has 92 valence electrons. The lowest BCUT2D eigenvalue weighted by Crippen LogP contribution is -2.41. The van der Waals surface area contributed by atoms with E-state index in [1.807, 2.05) is 13.8 Å². The Hall–Kier alpha value is -0.0000000000000000555. The summed E-state index contributed by atoms with van der Waals surface area (Å²) < 4.78 is 39.4. The number of hydrogen-bond donors (Lipinski definition) is 1. The summed E-state index contributed by atoms with van der Waals surface area (Å²) in [6.45, 7) is 3.38. The predicted molar refractivity (Wildman–Crippen MR) is 54.3 cm³/mol.